The second-order valence-corrected chi connectivity index (χ2v) is 9.52. The van der Waals surface area contributed by atoms with Crippen molar-refractivity contribution in [3.8, 4) is 6.07 Å². The number of nitriles is 1. The zero-order valence-electron chi connectivity index (χ0n) is 21.9. The van der Waals surface area contributed by atoms with E-state index < -0.39 is 6.09 Å². The van der Waals surface area contributed by atoms with E-state index in [1.54, 1.807) is 35.3 Å². The molecule has 0 spiro atoms. The maximum atomic E-state index is 12.1. The van der Waals surface area contributed by atoms with Crippen LogP contribution >= 0.6 is 11.3 Å². The first-order chi connectivity index (χ1) is 17.8. The van der Waals surface area contributed by atoms with Crippen molar-refractivity contribution in [1.29, 1.82) is 5.26 Å². The van der Waals surface area contributed by atoms with Crippen LogP contribution in [0.4, 0.5) is 9.80 Å². The number of alkyl carbamates (subject to hydrolysis) is 1. The fraction of sp³-hybridized carbons (Fsp3) is 0.407. The molecule has 0 saturated carbocycles. The van der Waals surface area contributed by atoms with E-state index in [1.807, 2.05) is 27.1 Å². The highest BCUT2D eigenvalue weighted by molar-refractivity contribution is 7.16. The number of hydrogen-bond acceptors (Lipinski definition) is 8. The van der Waals surface area contributed by atoms with Crippen molar-refractivity contribution in [2.75, 3.05) is 19.5 Å². The number of aromatic nitrogens is 2. The number of ether oxygens (including phenoxy) is 2. The van der Waals surface area contributed by atoms with E-state index in [0.29, 0.717) is 31.6 Å². The molecule has 1 aliphatic rings. The molecule has 2 heterocycles. The Hall–Kier alpha value is -3.84. The third kappa shape index (κ3) is 8.65. The fourth-order valence-corrected chi connectivity index (χ4v) is 5.07. The molecule has 1 aliphatic carbocycles. The van der Waals surface area contributed by atoms with Gasteiger partial charge in [0.05, 0.1) is 30.6 Å². The van der Waals surface area contributed by atoms with Crippen molar-refractivity contribution in [2.45, 2.75) is 51.7 Å². The van der Waals surface area contributed by atoms with Gasteiger partial charge in [-0.15, -0.1) is 11.3 Å². The van der Waals surface area contributed by atoms with E-state index in [1.165, 1.54) is 0 Å². The molecule has 10 heteroatoms. The van der Waals surface area contributed by atoms with Gasteiger partial charge in [-0.2, -0.15) is 10.4 Å². The van der Waals surface area contributed by atoms with Crippen molar-refractivity contribution in [3.63, 3.8) is 0 Å². The first kappa shape index (κ1) is 29.4. The number of anilines is 1. The normalized spacial score (nSPS) is 14.2. The Kier molecular flexibility index (Phi) is 11.6. The van der Waals surface area contributed by atoms with Gasteiger partial charge < -0.3 is 24.9 Å². The third-order valence-corrected chi connectivity index (χ3v) is 6.98. The number of carbonyl (C=O) groups excluding carboxylic acids is 2. The molecular formula is C27H35N5O4S. The molecule has 0 bridgehead atoms. The van der Waals surface area contributed by atoms with Crippen LogP contribution in [0.25, 0.3) is 0 Å². The summed E-state index contributed by atoms with van der Waals surface area (Å²) in [6.07, 6.45) is 7.01. The van der Waals surface area contributed by atoms with Gasteiger partial charge >= 0.3 is 6.09 Å². The number of nitrogens with zero attached hydrogens (tertiary/aromatic N) is 3. The number of fused-ring (bicyclic) bond motifs is 1. The van der Waals surface area contributed by atoms with E-state index in [0.717, 1.165) is 57.1 Å². The fourth-order valence-electron chi connectivity index (χ4n) is 3.85. The van der Waals surface area contributed by atoms with Crippen molar-refractivity contribution < 1.29 is 19.1 Å². The van der Waals surface area contributed by atoms with Crippen molar-refractivity contribution in [3.05, 3.63) is 70.1 Å². The summed E-state index contributed by atoms with van der Waals surface area (Å²) >= 11 is 1.58. The summed E-state index contributed by atoms with van der Waals surface area (Å²) in [5, 5.41) is 20.3. The van der Waals surface area contributed by atoms with Gasteiger partial charge in [0.15, 0.2) is 0 Å². The van der Waals surface area contributed by atoms with Gasteiger partial charge in [0.1, 0.15) is 29.2 Å². The van der Waals surface area contributed by atoms with E-state index in [-0.39, 0.29) is 6.10 Å². The number of methoxy groups -OCH3 is 1. The van der Waals surface area contributed by atoms with Gasteiger partial charge in [-0.25, -0.2) is 4.79 Å². The van der Waals surface area contributed by atoms with Gasteiger partial charge in [0.25, 0.3) is 0 Å². The monoisotopic (exact) mass is 525 g/mol. The second kappa shape index (κ2) is 14.7. The smallest absolute Gasteiger partial charge is 0.407 e. The lowest BCUT2D eigenvalue weighted by atomic mass is 9.94. The largest absolute Gasteiger partial charge is 0.497 e. The molecule has 3 rings (SSSR count). The molecule has 1 unspecified atom stereocenters. The molecule has 0 aliphatic heterocycles. The first-order valence-corrected chi connectivity index (χ1v) is 12.7. The molecule has 9 nitrogen and oxygen atoms in total. The standard InChI is InChI=1S/C17H21N5O2S.C10H14O2/c1-10-6-11(22(3)21-10)9-20-17(23)24-12-4-5-13-14(8-18)16(19-2)25-15(13)7-12;1-4-10(12-3)8-9(2)6-5-7-11/h6,12,19H,4-5,7,9H2,1-3H3,(H,20,23);4,7-8H,1-2,5-6H2,3H3/b;10-8+. The SMILES string of the molecule is C=C/C(=C\C(=C)CCC=O)OC.CNc1sc2c(c1C#N)CCC(OC(=O)NCc1cc(C)nn1C)C2. The highest BCUT2D eigenvalue weighted by Gasteiger charge is 2.27. The van der Waals surface area contributed by atoms with E-state index in [9.17, 15) is 14.9 Å². The number of nitrogens with one attached hydrogen (secondary N) is 2. The molecule has 2 aromatic heterocycles. The maximum Gasteiger partial charge on any atom is 0.407 e. The summed E-state index contributed by atoms with van der Waals surface area (Å²) in [5.74, 6) is 0.672. The number of thiophene rings is 1. The number of rotatable bonds is 10. The zero-order valence-corrected chi connectivity index (χ0v) is 22.7. The van der Waals surface area contributed by atoms with Crippen molar-refractivity contribution in [2.24, 2.45) is 7.05 Å². The Balaban J connectivity index is 0.000000341. The van der Waals surface area contributed by atoms with Crippen LogP contribution in [0.3, 0.4) is 0 Å². The summed E-state index contributed by atoms with van der Waals surface area (Å²) in [5.41, 5.74) is 4.55. The average Bonchev–Trinajstić information content (AvgIpc) is 3.42. The summed E-state index contributed by atoms with van der Waals surface area (Å²) in [6, 6.07) is 4.21. The molecule has 0 saturated heterocycles. The Labute approximate surface area is 222 Å². The Morgan fingerprint density at radius 3 is 2.78 bits per heavy atom. The number of carbonyl (C=O) groups is 2. The third-order valence-electron chi connectivity index (χ3n) is 5.71. The topological polar surface area (TPSA) is 118 Å². The molecule has 2 N–H and O–H groups in total. The minimum Gasteiger partial charge on any atom is -0.497 e. The van der Waals surface area contributed by atoms with Gasteiger partial charge in [0.2, 0.25) is 0 Å². The first-order valence-electron chi connectivity index (χ1n) is 11.9. The van der Waals surface area contributed by atoms with Crippen LogP contribution < -0.4 is 10.6 Å². The van der Waals surface area contributed by atoms with Gasteiger partial charge in [-0.05, 0) is 50.0 Å². The lowest BCUT2D eigenvalue weighted by molar-refractivity contribution is -0.107. The van der Waals surface area contributed by atoms with Crippen LogP contribution in [-0.4, -0.2) is 42.4 Å². The van der Waals surface area contributed by atoms with Crippen LogP contribution in [-0.2, 0) is 40.7 Å². The summed E-state index contributed by atoms with van der Waals surface area (Å²) in [6.45, 7) is 9.62. The Morgan fingerprint density at radius 2 is 2.22 bits per heavy atom. The van der Waals surface area contributed by atoms with E-state index in [2.05, 4.69) is 35.0 Å². The van der Waals surface area contributed by atoms with Crippen LogP contribution in [0.2, 0.25) is 0 Å². The number of aryl methyl sites for hydroxylation is 2. The predicted molar refractivity (Wildman–Crippen MR) is 145 cm³/mol. The molecule has 198 valence electrons. The van der Waals surface area contributed by atoms with Crippen LogP contribution in [0.1, 0.15) is 46.7 Å². The molecule has 1 atom stereocenters. The molecular weight excluding hydrogens is 490 g/mol. The van der Waals surface area contributed by atoms with Crippen molar-refractivity contribution >= 4 is 28.7 Å². The number of amides is 1. The highest BCUT2D eigenvalue weighted by Crippen LogP contribution is 2.38. The summed E-state index contributed by atoms with van der Waals surface area (Å²) < 4.78 is 12.2. The number of aldehydes is 1. The molecule has 37 heavy (non-hydrogen) atoms. The lowest BCUT2D eigenvalue weighted by Gasteiger charge is -2.22. The zero-order chi connectivity index (χ0) is 27.4. The summed E-state index contributed by atoms with van der Waals surface area (Å²) in [4.78, 5) is 23.2. The van der Waals surface area contributed by atoms with Gasteiger partial charge in [-0.3, -0.25) is 4.68 Å². The molecule has 0 aromatic carbocycles. The minimum absolute atomic E-state index is 0.157. The molecule has 2 aromatic rings. The number of allylic oxidation sites excluding steroid dienone is 3. The van der Waals surface area contributed by atoms with Crippen LogP contribution in [0.15, 0.2) is 42.7 Å². The summed E-state index contributed by atoms with van der Waals surface area (Å²) in [7, 11) is 5.24. The van der Waals surface area contributed by atoms with Crippen LogP contribution in [0, 0.1) is 18.3 Å². The molecule has 0 fully saturated rings. The average molecular weight is 526 g/mol. The van der Waals surface area contributed by atoms with Crippen molar-refractivity contribution in [1.82, 2.24) is 15.1 Å². The second-order valence-electron chi connectivity index (χ2n) is 8.41. The van der Waals surface area contributed by atoms with E-state index >= 15 is 0 Å². The maximum absolute atomic E-state index is 12.1. The quantitative estimate of drug-likeness (QED) is 0.262. The minimum atomic E-state index is -0.418. The highest BCUT2D eigenvalue weighted by atomic mass is 32.1. The van der Waals surface area contributed by atoms with Crippen LogP contribution in [0.5, 0.6) is 0 Å². The van der Waals surface area contributed by atoms with Gasteiger partial charge in [0, 0.05) is 31.8 Å². The predicted octanol–water partition coefficient (Wildman–Crippen LogP) is 4.73. The lowest BCUT2D eigenvalue weighted by Crippen LogP contribution is -2.32. The molecule has 0 radical (unpaired) electrons. The Morgan fingerprint density at radius 1 is 1.46 bits per heavy atom. The Bertz CT molecular complexity index is 1190. The van der Waals surface area contributed by atoms with E-state index in [4.69, 9.17) is 9.47 Å². The molecule has 1 amide bonds. The van der Waals surface area contributed by atoms with Gasteiger partial charge in [-0.1, -0.05) is 18.7 Å². The number of hydrogen-bond donors (Lipinski definition) is 2.